The molecule has 5 heteroatoms. The number of carbonyl (C=O) groups excluding carboxylic acids is 2. The molecule has 0 bridgehead atoms. The maximum Gasteiger partial charge on any atom is 0.332 e. The summed E-state index contributed by atoms with van der Waals surface area (Å²) < 4.78 is 2.47. The van der Waals surface area contributed by atoms with Crippen LogP contribution >= 0.6 is 0 Å². The van der Waals surface area contributed by atoms with Crippen molar-refractivity contribution >= 4 is 50.0 Å². The highest BCUT2D eigenvalue weighted by Crippen LogP contribution is 2.38. The highest BCUT2D eigenvalue weighted by molar-refractivity contribution is 6.53. The van der Waals surface area contributed by atoms with Crippen LogP contribution in [0.15, 0.2) is 90.1 Å². The Hall–Kier alpha value is -4.25. The van der Waals surface area contributed by atoms with Crippen molar-refractivity contribution in [2.45, 2.75) is 45.6 Å². The Morgan fingerprint density at radius 2 is 1.47 bits per heavy atom. The van der Waals surface area contributed by atoms with Crippen LogP contribution in [0.1, 0.15) is 54.9 Å². The molecule has 38 heavy (non-hydrogen) atoms. The summed E-state index contributed by atoms with van der Waals surface area (Å²) in [5, 5.41) is 8.11. The fraction of sp³-hybridized carbons (Fsp3) is 0.242. The number of nitrogens with zero attached hydrogens (tertiary/aromatic N) is 2. The van der Waals surface area contributed by atoms with E-state index in [4.69, 9.17) is 4.84 Å². The first-order valence-electron chi connectivity index (χ1n) is 13.4. The molecule has 0 saturated heterocycles. The lowest BCUT2D eigenvalue weighted by Gasteiger charge is -2.23. The van der Waals surface area contributed by atoms with Crippen molar-refractivity contribution in [3.8, 4) is 0 Å². The van der Waals surface area contributed by atoms with Crippen LogP contribution in [-0.4, -0.2) is 22.0 Å². The number of para-hydroxylation sites is 1. The summed E-state index contributed by atoms with van der Waals surface area (Å²) in [6, 6.07) is 27.7. The van der Waals surface area contributed by atoms with Gasteiger partial charge in [-0.05, 0) is 36.3 Å². The van der Waals surface area contributed by atoms with Crippen molar-refractivity contribution in [1.82, 2.24) is 4.57 Å². The number of carbonyl (C=O) groups is 2. The van der Waals surface area contributed by atoms with Gasteiger partial charge in [0.2, 0.25) is 5.78 Å². The number of hydrogen-bond donors (Lipinski definition) is 0. The lowest BCUT2D eigenvalue weighted by atomic mass is 9.89. The van der Waals surface area contributed by atoms with Gasteiger partial charge < -0.3 is 9.40 Å². The number of rotatable bonds is 6. The van der Waals surface area contributed by atoms with Crippen LogP contribution in [0.4, 0.5) is 0 Å². The minimum Gasteiger partial charge on any atom is -0.340 e. The molecule has 1 aliphatic carbocycles. The Kier molecular flexibility index (Phi) is 6.50. The van der Waals surface area contributed by atoms with Crippen LogP contribution < -0.4 is 0 Å². The molecular formula is C33H30N2O3. The molecule has 1 saturated carbocycles. The molecule has 0 aliphatic heterocycles. The Morgan fingerprint density at radius 3 is 2.21 bits per heavy atom. The van der Waals surface area contributed by atoms with Crippen LogP contribution in [-0.2, 0) is 16.2 Å². The second kappa shape index (κ2) is 10.3. The van der Waals surface area contributed by atoms with Gasteiger partial charge in [-0.2, -0.15) is 0 Å². The number of hydrogen-bond acceptors (Lipinski definition) is 4. The second-order valence-electron chi connectivity index (χ2n) is 10.2. The lowest BCUT2D eigenvalue weighted by Crippen LogP contribution is -2.18. The van der Waals surface area contributed by atoms with Gasteiger partial charge in [-0.25, -0.2) is 4.79 Å². The minimum atomic E-state index is -0.572. The Balaban J connectivity index is 1.59. The number of Topliss-reactive ketones (excluding diaryl/α,β-unsaturated/α-hetero) is 1. The van der Waals surface area contributed by atoms with Gasteiger partial charge in [0, 0.05) is 46.3 Å². The summed E-state index contributed by atoms with van der Waals surface area (Å²) in [4.78, 5) is 30.7. The van der Waals surface area contributed by atoms with Crippen molar-refractivity contribution in [2.24, 2.45) is 11.1 Å². The fourth-order valence-corrected chi connectivity index (χ4v) is 5.98. The Morgan fingerprint density at radius 1 is 0.816 bits per heavy atom. The van der Waals surface area contributed by atoms with E-state index in [0.717, 1.165) is 28.1 Å². The van der Waals surface area contributed by atoms with Gasteiger partial charge in [0.15, 0.2) is 5.71 Å². The highest BCUT2D eigenvalue weighted by atomic mass is 16.7. The molecule has 1 heterocycles. The first-order chi connectivity index (χ1) is 18.6. The number of oxime groups is 1. The van der Waals surface area contributed by atoms with Crippen molar-refractivity contribution in [1.29, 1.82) is 0 Å². The second-order valence-corrected chi connectivity index (χ2v) is 10.2. The quantitative estimate of drug-likeness (QED) is 0.104. The molecule has 5 aromatic rings. The zero-order chi connectivity index (χ0) is 26.1. The molecule has 0 N–H and O–H groups in total. The molecule has 0 spiro atoms. The van der Waals surface area contributed by atoms with Crippen LogP contribution in [0, 0.1) is 5.92 Å². The molecular weight excluding hydrogens is 472 g/mol. The molecule has 0 amide bonds. The number of aromatic nitrogens is 1. The SMILES string of the molecule is CC(=O)O/N=C(/C(=O)c1cc2c3ccccc3n(CC3CCCCC3)c2c2ccccc12)c1ccccc1. The van der Waals surface area contributed by atoms with Gasteiger partial charge in [-0.15, -0.1) is 0 Å². The van der Waals surface area contributed by atoms with Crippen molar-refractivity contribution < 1.29 is 14.4 Å². The fourth-order valence-electron chi connectivity index (χ4n) is 5.98. The average molecular weight is 503 g/mol. The van der Waals surface area contributed by atoms with E-state index in [-0.39, 0.29) is 11.5 Å². The number of fused-ring (bicyclic) bond motifs is 5. The molecule has 0 atom stereocenters. The largest absolute Gasteiger partial charge is 0.340 e. The average Bonchev–Trinajstić information content (AvgIpc) is 3.27. The molecule has 1 fully saturated rings. The maximum atomic E-state index is 14.1. The van der Waals surface area contributed by atoms with Crippen molar-refractivity contribution in [3.05, 3.63) is 96.1 Å². The summed E-state index contributed by atoms with van der Waals surface area (Å²) in [5.74, 6) is -0.194. The predicted molar refractivity (Wildman–Crippen MR) is 153 cm³/mol. The maximum absolute atomic E-state index is 14.1. The van der Waals surface area contributed by atoms with E-state index in [1.54, 1.807) is 12.1 Å². The van der Waals surface area contributed by atoms with Crippen molar-refractivity contribution in [2.75, 3.05) is 0 Å². The molecule has 0 unspecified atom stereocenters. The van der Waals surface area contributed by atoms with Crippen molar-refractivity contribution in [3.63, 3.8) is 0 Å². The third-order valence-corrected chi connectivity index (χ3v) is 7.71. The molecule has 190 valence electrons. The van der Waals surface area contributed by atoms with E-state index >= 15 is 0 Å². The van der Waals surface area contributed by atoms with Gasteiger partial charge in [-0.3, -0.25) is 4.79 Å². The lowest BCUT2D eigenvalue weighted by molar-refractivity contribution is -0.140. The van der Waals surface area contributed by atoms with Crippen LogP contribution in [0.25, 0.3) is 32.6 Å². The van der Waals surface area contributed by atoms with E-state index in [9.17, 15) is 9.59 Å². The van der Waals surface area contributed by atoms with E-state index in [1.165, 1.54) is 50.1 Å². The first-order valence-corrected chi connectivity index (χ1v) is 13.4. The Bertz CT molecular complexity index is 1690. The smallest absolute Gasteiger partial charge is 0.332 e. The monoisotopic (exact) mass is 502 g/mol. The molecule has 0 radical (unpaired) electrons. The predicted octanol–water partition coefficient (Wildman–Crippen LogP) is 7.68. The topological polar surface area (TPSA) is 60.7 Å². The summed E-state index contributed by atoms with van der Waals surface area (Å²) in [7, 11) is 0. The Labute approximate surface area is 221 Å². The van der Waals surface area contributed by atoms with E-state index < -0.39 is 5.97 Å². The van der Waals surface area contributed by atoms with Crippen LogP contribution in [0.2, 0.25) is 0 Å². The van der Waals surface area contributed by atoms with Gasteiger partial charge in [0.25, 0.3) is 0 Å². The first kappa shape index (κ1) is 24.1. The normalized spacial score (nSPS) is 14.8. The minimum absolute atomic E-state index is 0.108. The van der Waals surface area contributed by atoms with Gasteiger partial charge in [0.05, 0.1) is 5.52 Å². The summed E-state index contributed by atoms with van der Waals surface area (Å²) in [5.41, 5.74) is 3.61. The molecule has 4 aromatic carbocycles. The third-order valence-electron chi connectivity index (χ3n) is 7.71. The summed E-state index contributed by atoms with van der Waals surface area (Å²) >= 11 is 0. The van der Waals surface area contributed by atoms with Gasteiger partial charge in [0.1, 0.15) is 0 Å². The van der Waals surface area contributed by atoms with E-state index in [1.807, 2.05) is 42.5 Å². The molecule has 6 rings (SSSR count). The van der Waals surface area contributed by atoms with E-state index in [2.05, 4.69) is 40.1 Å². The molecule has 5 nitrogen and oxygen atoms in total. The molecule has 1 aromatic heterocycles. The summed E-state index contributed by atoms with van der Waals surface area (Å²) in [6.45, 7) is 2.25. The third kappa shape index (κ3) is 4.38. The van der Waals surface area contributed by atoms with Gasteiger partial charge >= 0.3 is 5.97 Å². The standard InChI is InChI=1S/C33H30N2O3/c1-22(36)38-34-31(24-14-6-3-7-15-24)33(37)29-20-28-26-17-10-11-19-30(26)35(21-23-12-4-2-5-13-23)32(28)27-18-9-8-16-25(27)29/h3,6-11,14-20,23H,2,4-5,12-13,21H2,1H3/b34-31+. The summed E-state index contributed by atoms with van der Waals surface area (Å²) in [6.07, 6.45) is 6.44. The highest BCUT2D eigenvalue weighted by Gasteiger charge is 2.25. The molecule has 1 aliphatic rings. The number of benzene rings is 4. The van der Waals surface area contributed by atoms with Crippen LogP contribution in [0.3, 0.4) is 0 Å². The zero-order valence-corrected chi connectivity index (χ0v) is 21.5. The number of ketones is 1. The van der Waals surface area contributed by atoms with Gasteiger partial charge in [-0.1, -0.05) is 97.2 Å². The van der Waals surface area contributed by atoms with E-state index in [0.29, 0.717) is 17.0 Å². The van der Waals surface area contributed by atoms with Crippen LogP contribution in [0.5, 0.6) is 0 Å². The zero-order valence-electron chi connectivity index (χ0n) is 21.5.